The molecule has 0 bridgehead atoms. The molecule has 0 aliphatic carbocycles. The SMILES string of the molecule is CC(C)c1ccccc1Oc1cc([C@H]2CC(=O)N(c3cccc(C(N)=O)c3)C2)ccc1Cl. The molecule has 5 nitrogen and oxygen atoms in total. The second-order valence-corrected chi connectivity index (χ2v) is 8.71. The molecule has 1 fully saturated rings. The lowest BCUT2D eigenvalue weighted by atomic mass is 9.98. The predicted octanol–water partition coefficient (Wildman–Crippen LogP) is 5.88. The topological polar surface area (TPSA) is 72.6 Å². The highest BCUT2D eigenvalue weighted by Crippen LogP contribution is 2.38. The molecule has 2 N–H and O–H groups in total. The highest BCUT2D eigenvalue weighted by atomic mass is 35.5. The maximum atomic E-state index is 12.8. The molecule has 0 saturated carbocycles. The van der Waals surface area contributed by atoms with E-state index in [1.54, 1.807) is 23.1 Å². The predicted molar refractivity (Wildman–Crippen MR) is 127 cm³/mol. The Bertz CT molecular complexity index is 1180. The van der Waals surface area contributed by atoms with Gasteiger partial charge in [-0.2, -0.15) is 0 Å². The van der Waals surface area contributed by atoms with Crippen molar-refractivity contribution in [1.82, 2.24) is 0 Å². The summed E-state index contributed by atoms with van der Waals surface area (Å²) in [5, 5.41) is 0.516. The van der Waals surface area contributed by atoms with Gasteiger partial charge in [0.15, 0.2) is 0 Å². The summed E-state index contributed by atoms with van der Waals surface area (Å²) in [6.45, 7) is 4.74. The normalized spacial score (nSPS) is 15.9. The number of ether oxygens (including phenoxy) is 1. The van der Waals surface area contributed by atoms with Crippen LogP contribution in [-0.2, 0) is 4.79 Å². The average molecular weight is 449 g/mol. The van der Waals surface area contributed by atoms with Crippen molar-refractivity contribution in [2.45, 2.75) is 32.1 Å². The zero-order valence-electron chi connectivity index (χ0n) is 18.0. The lowest BCUT2D eigenvalue weighted by Crippen LogP contribution is -2.24. The molecule has 0 spiro atoms. The van der Waals surface area contributed by atoms with E-state index in [9.17, 15) is 9.59 Å². The van der Waals surface area contributed by atoms with Crippen LogP contribution in [0.4, 0.5) is 5.69 Å². The number of carbonyl (C=O) groups is 2. The van der Waals surface area contributed by atoms with Crippen LogP contribution in [0.1, 0.15) is 53.6 Å². The van der Waals surface area contributed by atoms with Gasteiger partial charge in [0.05, 0.1) is 5.02 Å². The van der Waals surface area contributed by atoms with Crippen molar-refractivity contribution in [2.75, 3.05) is 11.4 Å². The van der Waals surface area contributed by atoms with E-state index in [2.05, 4.69) is 13.8 Å². The first kappa shape index (κ1) is 21.9. The number of amides is 2. The van der Waals surface area contributed by atoms with Gasteiger partial charge in [0.25, 0.3) is 0 Å². The zero-order chi connectivity index (χ0) is 22.8. The molecule has 1 atom stereocenters. The molecule has 1 saturated heterocycles. The van der Waals surface area contributed by atoms with Crippen LogP contribution in [0.2, 0.25) is 5.02 Å². The number of hydrogen-bond donors (Lipinski definition) is 1. The maximum Gasteiger partial charge on any atom is 0.248 e. The standard InChI is InChI=1S/C26H25ClN2O3/c1-16(2)21-8-3-4-9-23(21)32-24-13-17(10-11-22(24)27)19-14-25(30)29(15-19)20-7-5-6-18(12-20)26(28)31/h3-13,16,19H,14-15H2,1-2H3,(H2,28,31)/t19-/m0/s1. The molecule has 1 aliphatic rings. The monoisotopic (exact) mass is 448 g/mol. The summed E-state index contributed by atoms with van der Waals surface area (Å²) in [7, 11) is 0. The van der Waals surface area contributed by atoms with Crippen LogP contribution in [0.25, 0.3) is 0 Å². The quantitative estimate of drug-likeness (QED) is 0.512. The minimum atomic E-state index is -0.517. The van der Waals surface area contributed by atoms with Gasteiger partial charge in [-0.1, -0.05) is 55.8 Å². The number of hydrogen-bond acceptors (Lipinski definition) is 3. The van der Waals surface area contributed by atoms with E-state index in [1.807, 2.05) is 48.5 Å². The van der Waals surface area contributed by atoms with Crippen molar-refractivity contribution in [3.8, 4) is 11.5 Å². The summed E-state index contributed by atoms with van der Waals surface area (Å²) in [6, 6.07) is 20.4. The van der Waals surface area contributed by atoms with E-state index >= 15 is 0 Å². The Labute approximate surface area is 192 Å². The number of rotatable bonds is 6. The highest BCUT2D eigenvalue weighted by Gasteiger charge is 2.32. The number of benzene rings is 3. The van der Waals surface area contributed by atoms with Gasteiger partial charge in [-0.15, -0.1) is 0 Å². The number of para-hydroxylation sites is 1. The third kappa shape index (κ3) is 4.48. The number of halogens is 1. The second-order valence-electron chi connectivity index (χ2n) is 8.30. The second kappa shape index (κ2) is 9.05. The number of nitrogens with zero attached hydrogens (tertiary/aromatic N) is 1. The minimum absolute atomic E-state index is 0.000748. The lowest BCUT2D eigenvalue weighted by Gasteiger charge is -2.18. The van der Waals surface area contributed by atoms with E-state index in [-0.39, 0.29) is 11.8 Å². The van der Waals surface area contributed by atoms with Crippen molar-refractivity contribution in [1.29, 1.82) is 0 Å². The Balaban J connectivity index is 1.59. The van der Waals surface area contributed by atoms with Crippen LogP contribution >= 0.6 is 11.6 Å². The summed E-state index contributed by atoms with van der Waals surface area (Å²) in [4.78, 5) is 26.0. The fourth-order valence-corrected chi connectivity index (χ4v) is 4.18. The molecule has 3 aromatic rings. The molecule has 6 heteroatoms. The molecular formula is C26H25ClN2O3. The van der Waals surface area contributed by atoms with Crippen LogP contribution < -0.4 is 15.4 Å². The Hall–Kier alpha value is -3.31. The van der Waals surface area contributed by atoms with E-state index < -0.39 is 5.91 Å². The first-order chi connectivity index (χ1) is 15.3. The molecule has 1 aliphatic heterocycles. The van der Waals surface area contributed by atoms with Crippen LogP contribution in [0.3, 0.4) is 0 Å². The first-order valence-electron chi connectivity index (χ1n) is 10.6. The number of carbonyl (C=O) groups excluding carboxylic acids is 2. The van der Waals surface area contributed by atoms with Crippen molar-refractivity contribution in [3.63, 3.8) is 0 Å². The molecule has 2 amide bonds. The van der Waals surface area contributed by atoms with Crippen molar-refractivity contribution in [3.05, 3.63) is 88.4 Å². The van der Waals surface area contributed by atoms with Gasteiger partial charge in [0.1, 0.15) is 11.5 Å². The number of anilines is 1. The van der Waals surface area contributed by atoms with Crippen molar-refractivity contribution >= 4 is 29.1 Å². The third-order valence-electron chi connectivity index (χ3n) is 5.75. The van der Waals surface area contributed by atoms with E-state index in [1.165, 1.54) is 0 Å². The Morgan fingerprint density at radius 1 is 1.06 bits per heavy atom. The van der Waals surface area contributed by atoms with Gasteiger partial charge in [-0.3, -0.25) is 9.59 Å². The van der Waals surface area contributed by atoms with Gasteiger partial charge in [0, 0.05) is 30.1 Å². The molecule has 0 aromatic heterocycles. The van der Waals surface area contributed by atoms with E-state index in [0.29, 0.717) is 40.9 Å². The smallest absolute Gasteiger partial charge is 0.248 e. The first-order valence-corrected chi connectivity index (χ1v) is 11.0. The van der Waals surface area contributed by atoms with Gasteiger partial charge in [-0.25, -0.2) is 0 Å². The Morgan fingerprint density at radius 2 is 1.84 bits per heavy atom. The minimum Gasteiger partial charge on any atom is -0.455 e. The van der Waals surface area contributed by atoms with Crippen molar-refractivity contribution < 1.29 is 14.3 Å². The molecule has 3 aromatic carbocycles. The third-order valence-corrected chi connectivity index (χ3v) is 6.07. The molecular weight excluding hydrogens is 424 g/mol. The zero-order valence-corrected chi connectivity index (χ0v) is 18.8. The number of primary amides is 1. The molecule has 1 heterocycles. The lowest BCUT2D eigenvalue weighted by molar-refractivity contribution is -0.117. The summed E-state index contributed by atoms with van der Waals surface area (Å²) in [6.07, 6.45) is 0.366. The molecule has 164 valence electrons. The van der Waals surface area contributed by atoms with Crippen LogP contribution in [-0.4, -0.2) is 18.4 Å². The van der Waals surface area contributed by atoms with Gasteiger partial charge in [0.2, 0.25) is 11.8 Å². The Morgan fingerprint density at radius 3 is 2.59 bits per heavy atom. The molecule has 4 rings (SSSR count). The molecule has 0 radical (unpaired) electrons. The van der Waals surface area contributed by atoms with Gasteiger partial charge in [-0.05, 0) is 53.4 Å². The van der Waals surface area contributed by atoms with Gasteiger partial charge >= 0.3 is 0 Å². The van der Waals surface area contributed by atoms with Crippen LogP contribution in [0, 0.1) is 0 Å². The van der Waals surface area contributed by atoms with Crippen LogP contribution in [0.5, 0.6) is 11.5 Å². The van der Waals surface area contributed by atoms with E-state index in [4.69, 9.17) is 22.1 Å². The Kier molecular flexibility index (Phi) is 6.19. The molecule has 0 unspecified atom stereocenters. The van der Waals surface area contributed by atoms with Crippen molar-refractivity contribution in [2.24, 2.45) is 5.73 Å². The summed E-state index contributed by atoms with van der Waals surface area (Å²) in [5.74, 6) is 1.12. The summed E-state index contributed by atoms with van der Waals surface area (Å²) >= 11 is 6.44. The highest BCUT2D eigenvalue weighted by molar-refractivity contribution is 6.32. The maximum absolute atomic E-state index is 12.8. The largest absolute Gasteiger partial charge is 0.455 e. The summed E-state index contributed by atoms with van der Waals surface area (Å²) < 4.78 is 6.20. The molecule has 32 heavy (non-hydrogen) atoms. The van der Waals surface area contributed by atoms with Crippen LogP contribution in [0.15, 0.2) is 66.7 Å². The van der Waals surface area contributed by atoms with E-state index in [0.717, 1.165) is 16.9 Å². The number of nitrogens with two attached hydrogens (primary N) is 1. The fraction of sp³-hybridized carbons (Fsp3) is 0.231. The average Bonchev–Trinajstić information content (AvgIpc) is 3.17. The fourth-order valence-electron chi connectivity index (χ4n) is 4.03. The summed E-state index contributed by atoms with van der Waals surface area (Å²) in [5.41, 5.74) is 8.52. The van der Waals surface area contributed by atoms with Gasteiger partial charge < -0.3 is 15.4 Å².